The van der Waals surface area contributed by atoms with E-state index < -0.39 is 12.0 Å². The number of rotatable bonds is 3. The van der Waals surface area contributed by atoms with Gasteiger partial charge in [-0.25, -0.2) is 0 Å². The maximum atomic E-state index is 10.7. The van der Waals surface area contributed by atoms with Gasteiger partial charge in [-0.2, -0.15) is 0 Å². The molecule has 0 amide bonds. The van der Waals surface area contributed by atoms with Crippen LogP contribution in [0.2, 0.25) is 0 Å². The molecule has 0 aliphatic rings. The molecule has 0 spiro atoms. The van der Waals surface area contributed by atoms with Crippen LogP contribution in [0.15, 0.2) is 30.5 Å². The van der Waals surface area contributed by atoms with Crippen LogP contribution >= 0.6 is 0 Å². The second kappa shape index (κ2) is 3.86. The number of benzene rings is 1. The molecule has 0 saturated carbocycles. The minimum absolute atomic E-state index is 0.278. The molecule has 0 bridgehead atoms. The van der Waals surface area contributed by atoms with Crippen molar-refractivity contribution in [2.75, 3.05) is 5.84 Å². The number of carbonyl (C=O) groups is 1. The van der Waals surface area contributed by atoms with E-state index >= 15 is 0 Å². The van der Waals surface area contributed by atoms with Crippen molar-refractivity contribution in [3.05, 3.63) is 36.0 Å². The van der Waals surface area contributed by atoms with Gasteiger partial charge in [0.2, 0.25) is 0 Å². The number of aromatic nitrogens is 1. The molecule has 1 atom stereocenters. The molecule has 5 nitrogen and oxygen atoms in total. The summed E-state index contributed by atoms with van der Waals surface area (Å²) in [5, 5.41) is 9.71. The number of nitrogens with zero attached hydrogens (tertiary/aromatic N) is 1. The maximum absolute atomic E-state index is 10.7. The highest BCUT2D eigenvalue weighted by Crippen LogP contribution is 2.20. The molecule has 0 saturated heterocycles. The zero-order valence-electron chi connectivity index (χ0n) is 8.63. The number of aliphatic carboxylic acids is 1. The third-order valence-electron chi connectivity index (χ3n) is 2.58. The predicted octanol–water partition coefficient (Wildman–Crippen LogP) is 0.309. The van der Waals surface area contributed by atoms with E-state index in [1.54, 1.807) is 6.20 Å². The number of para-hydroxylation sites is 1. The highest BCUT2D eigenvalue weighted by Gasteiger charge is 2.15. The van der Waals surface area contributed by atoms with E-state index in [1.807, 2.05) is 24.3 Å². The molecule has 16 heavy (non-hydrogen) atoms. The van der Waals surface area contributed by atoms with Crippen LogP contribution in [0.4, 0.5) is 0 Å². The summed E-state index contributed by atoms with van der Waals surface area (Å²) in [5.41, 5.74) is 7.22. The summed E-state index contributed by atoms with van der Waals surface area (Å²) in [4.78, 5) is 10.7. The molecule has 0 aliphatic carbocycles. The molecule has 0 fully saturated rings. The molecule has 0 aliphatic heterocycles. The van der Waals surface area contributed by atoms with Gasteiger partial charge in [0, 0.05) is 18.0 Å². The quantitative estimate of drug-likeness (QED) is 0.647. The van der Waals surface area contributed by atoms with Gasteiger partial charge in [-0.15, -0.1) is 0 Å². The van der Waals surface area contributed by atoms with E-state index in [-0.39, 0.29) is 6.42 Å². The molecule has 84 valence electrons. The lowest BCUT2D eigenvalue weighted by Gasteiger charge is -2.04. The molecule has 0 unspecified atom stereocenters. The number of hydrogen-bond donors (Lipinski definition) is 3. The predicted molar refractivity (Wildman–Crippen MR) is 61.4 cm³/mol. The molecule has 1 aromatic carbocycles. The van der Waals surface area contributed by atoms with E-state index in [1.165, 1.54) is 4.68 Å². The number of nitrogen functional groups attached to an aromatic ring is 1. The Balaban J connectivity index is 2.42. The molecular formula is C11H13N3O2. The standard InChI is InChI=1S/C11H13N3O2/c12-9(11(15)16)5-7-6-14(13)10-4-2-1-3-8(7)10/h1-4,6,9H,5,12-13H2,(H,15,16)/t9-/m0/s1. The topological polar surface area (TPSA) is 94.3 Å². The first-order valence-electron chi connectivity index (χ1n) is 4.92. The second-order valence-electron chi connectivity index (χ2n) is 3.73. The van der Waals surface area contributed by atoms with Gasteiger partial charge in [0.1, 0.15) is 6.04 Å². The van der Waals surface area contributed by atoms with Crippen molar-refractivity contribution in [3.8, 4) is 0 Å². The maximum Gasteiger partial charge on any atom is 0.320 e. The first-order valence-corrected chi connectivity index (χ1v) is 4.92. The van der Waals surface area contributed by atoms with Crippen molar-refractivity contribution in [2.45, 2.75) is 12.5 Å². The number of fused-ring (bicyclic) bond motifs is 1. The first kappa shape index (κ1) is 10.5. The molecule has 5 heteroatoms. The smallest absolute Gasteiger partial charge is 0.320 e. The van der Waals surface area contributed by atoms with Crippen molar-refractivity contribution in [3.63, 3.8) is 0 Å². The molecule has 1 heterocycles. The highest BCUT2D eigenvalue weighted by molar-refractivity contribution is 5.85. The van der Waals surface area contributed by atoms with Gasteiger partial charge in [0.05, 0.1) is 5.52 Å². The van der Waals surface area contributed by atoms with Gasteiger partial charge in [-0.3, -0.25) is 9.47 Å². The summed E-state index contributed by atoms with van der Waals surface area (Å²) in [6, 6.07) is 6.66. The summed E-state index contributed by atoms with van der Waals surface area (Å²) >= 11 is 0. The summed E-state index contributed by atoms with van der Waals surface area (Å²) in [6.07, 6.45) is 1.99. The monoisotopic (exact) mass is 219 g/mol. The second-order valence-corrected chi connectivity index (χ2v) is 3.73. The Kier molecular flexibility index (Phi) is 2.54. The van der Waals surface area contributed by atoms with Crippen LogP contribution in [0.3, 0.4) is 0 Å². The van der Waals surface area contributed by atoms with Crippen molar-refractivity contribution in [1.29, 1.82) is 0 Å². The summed E-state index contributed by atoms with van der Waals surface area (Å²) in [7, 11) is 0. The Hall–Kier alpha value is -2.01. The average Bonchev–Trinajstić information content (AvgIpc) is 2.57. The van der Waals surface area contributed by atoms with Gasteiger partial charge < -0.3 is 16.7 Å². The SMILES string of the molecule is N[C@@H](Cc1cn(N)c2ccccc12)C(=O)O. The van der Waals surface area contributed by atoms with Gasteiger partial charge in [0.15, 0.2) is 0 Å². The summed E-state index contributed by atoms with van der Waals surface area (Å²) in [5.74, 6) is 4.75. The fourth-order valence-corrected chi connectivity index (χ4v) is 1.76. The third kappa shape index (κ3) is 1.72. The van der Waals surface area contributed by atoms with Crippen molar-refractivity contribution < 1.29 is 9.90 Å². The molecule has 5 N–H and O–H groups in total. The zero-order chi connectivity index (χ0) is 11.7. The van der Waals surface area contributed by atoms with Crippen molar-refractivity contribution in [1.82, 2.24) is 4.68 Å². The van der Waals surface area contributed by atoms with Gasteiger partial charge in [0.25, 0.3) is 0 Å². The Morgan fingerprint density at radius 2 is 2.12 bits per heavy atom. The first-order chi connectivity index (χ1) is 7.59. The van der Waals surface area contributed by atoms with Crippen LogP contribution in [0.5, 0.6) is 0 Å². The van der Waals surface area contributed by atoms with E-state index in [2.05, 4.69) is 0 Å². The van der Waals surface area contributed by atoms with Crippen molar-refractivity contribution in [2.24, 2.45) is 5.73 Å². The Morgan fingerprint density at radius 3 is 2.81 bits per heavy atom. The number of nitrogens with two attached hydrogens (primary N) is 2. The van der Waals surface area contributed by atoms with Gasteiger partial charge in [-0.1, -0.05) is 18.2 Å². The van der Waals surface area contributed by atoms with E-state index in [0.29, 0.717) is 0 Å². The normalized spacial score (nSPS) is 12.8. The zero-order valence-corrected chi connectivity index (χ0v) is 8.63. The lowest BCUT2D eigenvalue weighted by molar-refractivity contribution is -0.138. The van der Waals surface area contributed by atoms with Crippen LogP contribution in [0.25, 0.3) is 10.9 Å². The third-order valence-corrected chi connectivity index (χ3v) is 2.58. The van der Waals surface area contributed by atoms with Gasteiger partial charge >= 0.3 is 5.97 Å². The Bertz CT molecular complexity index is 533. The minimum Gasteiger partial charge on any atom is -0.480 e. The lowest BCUT2D eigenvalue weighted by atomic mass is 10.1. The molecule has 2 aromatic rings. The average molecular weight is 219 g/mol. The highest BCUT2D eigenvalue weighted by atomic mass is 16.4. The number of carboxylic acids is 1. The van der Waals surface area contributed by atoms with Gasteiger partial charge in [-0.05, 0) is 11.6 Å². The Labute approximate surface area is 92.2 Å². The fraction of sp³-hybridized carbons (Fsp3) is 0.182. The largest absolute Gasteiger partial charge is 0.480 e. The molecule has 1 aromatic heterocycles. The lowest BCUT2D eigenvalue weighted by Crippen LogP contribution is -2.32. The van der Waals surface area contributed by atoms with Crippen LogP contribution in [-0.4, -0.2) is 21.8 Å². The molecule has 0 radical (unpaired) electrons. The summed E-state index contributed by atoms with van der Waals surface area (Å²) < 4.78 is 1.49. The van der Waals surface area contributed by atoms with Crippen LogP contribution in [0, 0.1) is 0 Å². The Morgan fingerprint density at radius 1 is 1.44 bits per heavy atom. The molecule has 2 rings (SSSR count). The summed E-state index contributed by atoms with van der Waals surface area (Å²) in [6.45, 7) is 0. The van der Waals surface area contributed by atoms with Crippen LogP contribution < -0.4 is 11.6 Å². The van der Waals surface area contributed by atoms with E-state index in [9.17, 15) is 4.79 Å². The number of carboxylic acid groups (broad SMARTS) is 1. The van der Waals surface area contributed by atoms with Crippen molar-refractivity contribution >= 4 is 16.9 Å². The van der Waals surface area contributed by atoms with E-state index in [4.69, 9.17) is 16.7 Å². The minimum atomic E-state index is -1.01. The van der Waals surface area contributed by atoms with Crippen LogP contribution in [-0.2, 0) is 11.2 Å². The molecular weight excluding hydrogens is 206 g/mol. The van der Waals surface area contributed by atoms with E-state index in [0.717, 1.165) is 16.5 Å². The van der Waals surface area contributed by atoms with Crippen LogP contribution in [0.1, 0.15) is 5.56 Å². The number of hydrogen-bond acceptors (Lipinski definition) is 3. The fourth-order valence-electron chi connectivity index (χ4n) is 1.76.